The van der Waals surface area contributed by atoms with Gasteiger partial charge in [-0.1, -0.05) is 18.2 Å². The minimum atomic E-state index is -0.588. The molecular weight excluding hydrogens is 176 g/mol. The standard InChI is InChI=1S/C11H16N2O/c1-7-4-3-5-8(2)9(7)6-10(12)11(13)14/h3-5,10H,6,12H2,1-2H3,(H2,13,14). The highest BCUT2D eigenvalue weighted by Gasteiger charge is 2.12. The minimum absolute atomic E-state index is 0.451. The molecule has 0 bridgehead atoms. The van der Waals surface area contributed by atoms with Gasteiger partial charge in [0.2, 0.25) is 5.91 Å². The van der Waals surface area contributed by atoms with E-state index in [1.54, 1.807) is 0 Å². The highest BCUT2D eigenvalue weighted by molar-refractivity contribution is 5.80. The molecule has 76 valence electrons. The van der Waals surface area contributed by atoms with Gasteiger partial charge in [-0.3, -0.25) is 4.79 Å². The number of benzene rings is 1. The van der Waals surface area contributed by atoms with E-state index < -0.39 is 11.9 Å². The molecule has 4 N–H and O–H groups in total. The molecule has 0 aliphatic rings. The van der Waals surface area contributed by atoms with Crippen molar-refractivity contribution < 1.29 is 4.79 Å². The number of amides is 1. The molecule has 0 aromatic heterocycles. The Morgan fingerprint density at radius 1 is 1.36 bits per heavy atom. The molecule has 1 aromatic carbocycles. The van der Waals surface area contributed by atoms with Crippen molar-refractivity contribution in [2.75, 3.05) is 0 Å². The number of hydrogen-bond donors (Lipinski definition) is 2. The largest absolute Gasteiger partial charge is 0.368 e. The zero-order valence-corrected chi connectivity index (χ0v) is 8.58. The molecule has 3 heteroatoms. The van der Waals surface area contributed by atoms with Crippen LogP contribution in [0.25, 0.3) is 0 Å². The predicted molar refractivity (Wildman–Crippen MR) is 56.8 cm³/mol. The summed E-state index contributed by atoms with van der Waals surface area (Å²) in [5, 5.41) is 0. The second-order valence-corrected chi connectivity index (χ2v) is 3.58. The van der Waals surface area contributed by atoms with Crippen LogP contribution in [0, 0.1) is 13.8 Å². The molecule has 1 atom stereocenters. The van der Waals surface area contributed by atoms with Crippen LogP contribution in [0.3, 0.4) is 0 Å². The zero-order chi connectivity index (χ0) is 10.7. The van der Waals surface area contributed by atoms with Crippen molar-refractivity contribution >= 4 is 5.91 Å². The first-order valence-corrected chi connectivity index (χ1v) is 4.62. The molecule has 0 heterocycles. The van der Waals surface area contributed by atoms with Crippen LogP contribution in [-0.4, -0.2) is 11.9 Å². The lowest BCUT2D eigenvalue weighted by Gasteiger charge is -2.12. The number of rotatable bonds is 3. The summed E-state index contributed by atoms with van der Waals surface area (Å²) >= 11 is 0. The predicted octanol–water partition coefficient (Wildman–Crippen LogP) is 0.659. The molecule has 14 heavy (non-hydrogen) atoms. The number of carbonyl (C=O) groups excluding carboxylic acids is 1. The van der Waals surface area contributed by atoms with Crippen LogP contribution in [0.4, 0.5) is 0 Å². The van der Waals surface area contributed by atoms with Gasteiger partial charge in [0, 0.05) is 0 Å². The van der Waals surface area contributed by atoms with E-state index in [2.05, 4.69) is 0 Å². The summed E-state index contributed by atoms with van der Waals surface area (Å²) in [5.74, 6) is -0.451. The molecule has 0 aliphatic heterocycles. The van der Waals surface area contributed by atoms with Crippen molar-refractivity contribution in [3.63, 3.8) is 0 Å². The van der Waals surface area contributed by atoms with Gasteiger partial charge in [0.1, 0.15) is 0 Å². The Bertz CT molecular complexity index is 327. The average molecular weight is 192 g/mol. The Morgan fingerprint density at radius 3 is 2.29 bits per heavy atom. The molecule has 0 radical (unpaired) electrons. The number of nitrogens with two attached hydrogens (primary N) is 2. The maximum absolute atomic E-state index is 10.8. The van der Waals surface area contributed by atoms with Gasteiger partial charge >= 0.3 is 0 Å². The maximum atomic E-state index is 10.8. The van der Waals surface area contributed by atoms with Crippen LogP contribution < -0.4 is 11.5 Å². The van der Waals surface area contributed by atoms with Gasteiger partial charge in [0.15, 0.2) is 0 Å². The Hall–Kier alpha value is -1.35. The van der Waals surface area contributed by atoms with Gasteiger partial charge in [-0.2, -0.15) is 0 Å². The van der Waals surface area contributed by atoms with Gasteiger partial charge in [0.05, 0.1) is 6.04 Å². The number of primary amides is 1. The molecule has 1 aromatic rings. The fourth-order valence-electron chi connectivity index (χ4n) is 1.49. The summed E-state index contributed by atoms with van der Waals surface area (Å²) < 4.78 is 0. The average Bonchev–Trinajstić information content (AvgIpc) is 2.11. The molecule has 0 spiro atoms. The monoisotopic (exact) mass is 192 g/mol. The molecule has 0 saturated heterocycles. The van der Waals surface area contributed by atoms with E-state index in [1.165, 1.54) is 0 Å². The van der Waals surface area contributed by atoms with E-state index in [0.29, 0.717) is 6.42 Å². The second kappa shape index (κ2) is 4.24. The zero-order valence-electron chi connectivity index (χ0n) is 8.58. The minimum Gasteiger partial charge on any atom is -0.368 e. The highest BCUT2D eigenvalue weighted by atomic mass is 16.1. The third-order valence-electron chi connectivity index (χ3n) is 2.43. The van der Waals surface area contributed by atoms with Gasteiger partial charge in [-0.05, 0) is 37.0 Å². The van der Waals surface area contributed by atoms with E-state index >= 15 is 0 Å². The van der Waals surface area contributed by atoms with Crippen molar-refractivity contribution in [3.05, 3.63) is 34.9 Å². The third kappa shape index (κ3) is 2.33. The lowest BCUT2D eigenvalue weighted by atomic mass is 9.96. The second-order valence-electron chi connectivity index (χ2n) is 3.58. The molecule has 1 amide bonds. The van der Waals surface area contributed by atoms with Gasteiger partial charge in [0.25, 0.3) is 0 Å². The van der Waals surface area contributed by atoms with Gasteiger partial charge in [-0.25, -0.2) is 0 Å². The molecule has 3 nitrogen and oxygen atoms in total. The summed E-state index contributed by atoms with van der Waals surface area (Å²) in [6.45, 7) is 4.02. The molecule has 1 unspecified atom stereocenters. The van der Waals surface area contributed by atoms with Crippen molar-refractivity contribution in [2.45, 2.75) is 26.3 Å². The lowest BCUT2D eigenvalue weighted by molar-refractivity contribution is -0.119. The van der Waals surface area contributed by atoms with Crippen molar-refractivity contribution in [1.29, 1.82) is 0 Å². The highest BCUT2D eigenvalue weighted by Crippen LogP contribution is 2.14. The van der Waals surface area contributed by atoms with Crippen molar-refractivity contribution in [3.8, 4) is 0 Å². The first kappa shape index (κ1) is 10.7. The first-order valence-electron chi connectivity index (χ1n) is 4.62. The SMILES string of the molecule is Cc1cccc(C)c1CC(N)C(N)=O. The molecular formula is C11H16N2O. The number of aryl methyl sites for hydroxylation is 2. The Labute approximate surface area is 84.1 Å². The summed E-state index contributed by atoms with van der Waals surface area (Å²) in [6, 6.07) is 5.42. The van der Waals surface area contributed by atoms with Crippen LogP contribution in [0.1, 0.15) is 16.7 Å². The smallest absolute Gasteiger partial charge is 0.234 e. The van der Waals surface area contributed by atoms with Crippen LogP contribution in [0.15, 0.2) is 18.2 Å². The van der Waals surface area contributed by atoms with E-state index in [4.69, 9.17) is 11.5 Å². The van der Waals surface area contributed by atoms with Crippen molar-refractivity contribution in [1.82, 2.24) is 0 Å². The molecule has 1 rings (SSSR count). The summed E-state index contributed by atoms with van der Waals surface area (Å²) in [4.78, 5) is 10.8. The summed E-state index contributed by atoms with van der Waals surface area (Å²) in [5.41, 5.74) is 14.2. The quantitative estimate of drug-likeness (QED) is 0.738. The lowest BCUT2D eigenvalue weighted by Crippen LogP contribution is -2.38. The molecule has 0 aliphatic carbocycles. The third-order valence-corrected chi connectivity index (χ3v) is 2.43. The topological polar surface area (TPSA) is 69.1 Å². The van der Waals surface area contributed by atoms with Crippen LogP contribution in [0.2, 0.25) is 0 Å². The van der Waals surface area contributed by atoms with Crippen LogP contribution in [0.5, 0.6) is 0 Å². The Morgan fingerprint density at radius 2 is 1.86 bits per heavy atom. The molecule has 0 saturated carbocycles. The van der Waals surface area contributed by atoms with Crippen molar-refractivity contribution in [2.24, 2.45) is 11.5 Å². The first-order chi connectivity index (χ1) is 6.52. The van der Waals surface area contributed by atoms with E-state index in [9.17, 15) is 4.79 Å². The van der Waals surface area contributed by atoms with Crippen LogP contribution in [-0.2, 0) is 11.2 Å². The Balaban J connectivity index is 2.91. The fraction of sp³-hybridized carbons (Fsp3) is 0.364. The number of carbonyl (C=O) groups is 1. The number of hydrogen-bond acceptors (Lipinski definition) is 2. The summed E-state index contributed by atoms with van der Waals surface area (Å²) in [7, 11) is 0. The van der Waals surface area contributed by atoms with Crippen LogP contribution >= 0.6 is 0 Å². The van der Waals surface area contributed by atoms with E-state index in [1.807, 2.05) is 32.0 Å². The molecule has 0 fully saturated rings. The van der Waals surface area contributed by atoms with E-state index in [0.717, 1.165) is 16.7 Å². The normalized spacial score (nSPS) is 12.5. The Kier molecular flexibility index (Phi) is 3.25. The van der Waals surface area contributed by atoms with E-state index in [-0.39, 0.29) is 0 Å². The fourth-order valence-corrected chi connectivity index (χ4v) is 1.49. The maximum Gasteiger partial charge on any atom is 0.234 e. The van der Waals surface area contributed by atoms with Gasteiger partial charge in [-0.15, -0.1) is 0 Å². The summed E-state index contributed by atoms with van der Waals surface area (Å²) in [6.07, 6.45) is 0.522. The van der Waals surface area contributed by atoms with Gasteiger partial charge < -0.3 is 11.5 Å².